The van der Waals surface area contributed by atoms with Gasteiger partial charge < -0.3 is 25.2 Å². The Bertz CT molecular complexity index is 481. The molecule has 2 heterocycles. The van der Waals surface area contributed by atoms with E-state index >= 15 is 0 Å². The molecular weight excluding hydrogens is 469 g/mol. The van der Waals surface area contributed by atoms with Crippen LogP contribution in [0.3, 0.4) is 0 Å². The Morgan fingerprint density at radius 1 is 1.21 bits per heavy atom. The fraction of sp³-hybridized carbons (Fsp3) is 0.900. The van der Waals surface area contributed by atoms with Crippen LogP contribution in [-0.4, -0.2) is 87.2 Å². The average molecular weight is 509 g/mol. The van der Waals surface area contributed by atoms with E-state index in [0.717, 1.165) is 84.0 Å². The van der Waals surface area contributed by atoms with Gasteiger partial charge in [-0.3, -0.25) is 9.79 Å². The first-order valence-corrected chi connectivity index (χ1v) is 10.6. The Morgan fingerprint density at radius 3 is 2.64 bits per heavy atom. The van der Waals surface area contributed by atoms with Crippen molar-refractivity contribution in [1.29, 1.82) is 0 Å². The number of aliphatic imine (C=N–C) groups is 1. The molecule has 0 bridgehead atoms. The topological polar surface area (TPSA) is 69.2 Å². The predicted molar refractivity (Wildman–Crippen MR) is 126 cm³/mol. The fourth-order valence-corrected chi connectivity index (χ4v) is 3.82. The number of rotatable bonds is 8. The summed E-state index contributed by atoms with van der Waals surface area (Å²) in [5.41, 5.74) is 0.0824. The summed E-state index contributed by atoms with van der Waals surface area (Å²) in [6.45, 7) is 7.89. The van der Waals surface area contributed by atoms with Crippen molar-refractivity contribution >= 4 is 35.8 Å². The van der Waals surface area contributed by atoms with Crippen molar-refractivity contribution in [3.05, 3.63) is 0 Å². The van der Waals surface area contributed by atoms with Crippen molar-refractivity contribution in [2.24, 2.45) is 4.99 Å². The van der Waals surface area contributed by atoms with Gasteiger partial charge in [-0.2, -0.15) is 0 Å². The molecule has 28 heavy (non-hydrogen) atoms. The molecule has 0 aromatic rings. The second kappa shape index (κ2) is 13.6. The lowest BCUT2D eigenvalue weighted by molar-refractivity contribution is -0.130. The Hall–Kier alpha value is -0.610. The van der Waals surface area contributed by atoms with Gasteiger partial charge in [0.05, 0.1) is 6.54 Å². The van der Waals surface area contributed by atoms with Gasteiger partial charge in [0.2, 0.25) is 5.91 Å². The third-order valence-corrected chi connectivity index (χ3v) is 5.82. The molecule has 2 rings (SSSR count). The standard InChI is InChI=1S/C20H39N5O2.HI/c1-4-21-19(23-17-20(24(2)3)10-15-27-16-11-20)22-12-8-14-25-13-7-5-6-9-18(25)26;/h4-17H2,1-3H3,(H2,21,22,23);1H. The largest absolute Gasteiger partial charge is 0.381 e. The van der Waals surface area contributed by atoms with Gasteiger partial charge in [0.25, 0.3) is 0 Å². The Balaban J connectivity index is 0.00000392. The number of guanidine groups is 1. The van der Waals surface area contributed by atoms with Crippen LogP contribution in [0, 0.1) is 0 Å². The Morgan fingerprint density at radius 2 is 1.96 bits per heavy atom. The van der Waals surface area contributed by atoms with Gasteiger partial charge >= 0.3 is 0 Å². The molecule has 0 atom stereocenters. The number of nitrogens with zero attached hydrogens (tertiary/aromatic N) is 3. The van der Waals surface area contributed by atoms with Crippen molar-refractivity contribution in [1.82, 2.24) is 20.4 Å². The summed E-state index contributed by atoms with van der Waals surface area (Å²) in [5, 5.41) is 6.78. The first-order chi connectivity index (χ1) is 13.1. The average Bonchev–Trinajstić information content (AvgIpc) is 2.88. The van der Waals surface area contributed by atoms with Crippen LogP contribution in [0.2, 0.25) is 0 Å². The van der Waals surface area contributed by atoms with Gasteiger partial charge in [0.1, 0.15) is 0 Å². The summed E-state index contributed by atoms with van der Waals surface area (Å²) in [5.74, 6) is 1.19. The Labute approximate surface area is 188 Å². The molecule has 2 aliphatic rings. The SMILES string of the molecule is CCNC(=NCC1(N(C)C)CCOCC1)NCCCN1CCCCCC1=O.I. The highest BCUT2D eigenvalue weighted by Crippen LogP contribution is 2.26. The first kappa shape index (κ1) is 25.4. The van der Waals surface area contributed by atoms with E-state index in [-0.39, 0.29) is 29.5 Å². The number of likely N-dealkylation sites (tertiary alicyclic amines) is 1. The number of likely N-dealkylation sites (N-methyl/N-ethyl adjacent to an activating group) is 1. The molecule has 0 aromatic carbocycles. The smallest absolute Gasteiger partial charge is 0.222 e. The maximum atomic E-state index is 12.1. The Kier molecular flexibility index (Phi) is 12.3. The molecule has 0 aromatic heterocycles. The highest BCUT2D eigenvalue weighted by atomic mass is 127. The molecule has 0 spiro atoms. The van der Waals surface area contributed by atoms with E-state index in [1.807, 2.05) is 4.90 Å². The first-order valence-electron chi connectivity index (χ1n) is 10.6. The van der Waals surface area contributed by atoms with E-state index in [0.29, 0.717) is 12.3 Å². The van der Waals surface area contributed by atoms with Crippen molar-refractivity contribution in [2.75, 3.05) is 60.0 Å². The maximum absolute atomic E-state index is 12.1. The molecule has 7 nitrogen and oxygen atoms in total. The van der Waals surface area contributed by atoms with E-state index in [1.165, 1.54) is 6.42 Å². The van der Waals surface area contributed by atoms with E-state index < -0.39 is 0 Å². The third kappa shape index (κ3) is 8.02. The zero-order chi connectivity index (χ0) is 19.5. The lowest BCUT2D eigenvalue weighted by Gasteiger charge is -2.41. The number of hydrogen-bond acceptors (Lipinski definition) is 4. The van der Waals surface area contributed by atoms with Crippen molar-refractivity contribution < 1.29 is 9.53 Å². The second-order valence-corrected chi connectivity index (χ2v) is 7.90. The van der Waals surface area contributed by atoms with Crippen LogP contribution in [0.15, 0.2) is 4.99 Å². The van der Waals surface area contributed by atoms with Gasteiger partial charge in [-0.1, -0.05) is 6.42 Å². The molecule has 8 heteroatoms. The summed E-state index contributed by atoms with van der Waals surface area (Å²) < 4.78 is 5.55. The number of amides is 1. The number of carbonyl (C=O) groups excluding carboxylic acids is 1. The van der Waals surface area contributed by atoms with E-state index in [2.05, 4.69) is 36.6 Å². The van der Waals surface area contributed by atoms with Gasteiger partial charge in [0.15, 0.2) is 5.96 Å². The summed E-state index contributed by atoms with van der Waals surface area (Å²) in [4.78, 5) is 21.3. The maximum Gasteiger partial charge on any atom is 0.222 e. The minimum Gasteiger partial charge on any atom is -0.381 e. The lowest BCUT2D eigenvalue weighted by Crippen LogP contribution is -2.51. The molecule has 164 valence electrons. The van der Waals surface area contributed by atoms with E-state index in [4.69, 9.17) is 9.73 Å². The molecule has 2 aliphatic heterocycles. The van der Waals surface area contributed by atoms with Gasteiger partial charge in [0, 0.05) is 51.4 Å². The van der Waals surface area contributed by atoms with Crippen LogP contribution in [0.25, 0.3) is 0 Å². The monoisotopic (exact) mass is 509 g/mol. The van der Waals surface area contributed by atoms with Crippen LogP contribution in [-0.2, 0) is 9.53 Å². The van der Waals surface area contributed by atoms with Crippen molar-refractivity contribution in [3.63, 3.8) is 0 Å². The molecule has 0 radical (unpaired) electrons. The zero-order valence-corrected chi connectivity index (χ0v) is 20.3. The number of carbonyl (C=O) groups is 1. The quantitative estimate of drug-likeness (QED) is 0.227. The molecule has 2 fully saturated rings. The van der Waals surface area contributed by atoms with E-state index in [1.54, 1.807) is 0 Å². The predicted octanol–water partition coefficient (Wildman–Crippen LogP) is 2.06. The normalized spacial score (nSPS) is 20.5. The number of hydrogen-bond donors (Lipinski definition) is 2. The van der Waals surface area contributed by atoms with Gasteiger partial charge in [-0.15, -0.1) is 24.0 Å². The van der Waals surface area contributed by atoms with Gasteiger partial charge in [-0.25, -0.2) is 0 Å². The van der Waals surface area contributed by atoms with Gasteiger partial charge in [-0.05, 0) is 53.1 Å². The van der Waals surface area contributed by atoms with Crippen LogP contribution < -0.4 is 10.6 Å². The highest BCUT2D eigenvalue weighted by molar-refractivity contribution is 14.0. The lowest BCUT2D eigenvalue weighted by atomic mass is 9.89. The van der Waals surface area contributed by atoms with Crippen molar-refractivity contribution in [3.8, 4) is 0 Å². The fourth-order valence-electron chi connectivity index (χ4n) is 3.82. The van der Waals surface area contributed by atoms with Crippen molar-refractivity contribution in [2.45, 2.75) is 57.4 Å². The summed E-state index contributed by atoms with van der Waals surface area (Å²) in [6, 6.07) is 0. The molecule has 2 saturated heterocycles. The van der Waals surface area contributed by atoms with E-state index in [9.17, 15) is 4.79 Å². The third-order valence-electron chi connectivity index (χ3n) is 5.82. The molecule has 2 N–H and O–H groups in total. The molecule has 0 aliphatic carbocycles. The summed E-state index contributed by atoms with van der Waals surface area (Å²) in [6.07, 6.45) is 7.05. The molecule has 0 unspecified atom stereocenters. The number of nitrogens with one attached hydrogen (secondary N) is 2. The van der Waals surface area contributed by atoms with Crippen LogP contribution in [0.5, 0.6) is 0 Å². The van der Waals surface area contributed by atoms with Crippen LogP contribution in [0.4, 0.5) is 0 Å². The molecular formula is C20H40IN5O2. The minimum absolute atomic E-state index is 0. The van der Waals surface area contributed by atoms with Crippen LogP contribution >= 0.6 is 24.0 Å². The highest BCUT2D eigenvalue weighted by Gasteiger charge is 2.34. The van der Waals surface area contributed by atoms with Crippen LogP contribution in [0.1, 0.15) is 51.9 Å². The minimum atomic E-state index is 0. The number of ether oxygens (including phenoxy) is 1. The zero-order valence-electron chi connectivity index (χ0n) is 18.0. The molecule has 1 amide bonds. The summed E-state index contributed by atoms with van der Waals surface area (Å²) in [7, 11) is 4.28. The second-order valence-electron chi connectivity index (χ2n) is 7.90. The molecule has 0 saturated carbocycles. The number of halogens is 1. The summed E-state index contributed by atoms with van der Waals surface area (Å²) >= 11 is 0.